The van der Waals surface area contributed by atoms with Gasteiger partial charge in [-0.15, -0.1) is 0 Å². The largest absolute Gasteiger partial charge is 0.308 e. The van der Waals surface area contributed by atoms with Crippen molar-refractivity contribution in [1.29, 1.82) is 0 Å². The number of rotatable bonds is 0. The SMILES string of the molecule is O=C1c2cc3c(cc2C2CCC1CC2)c1cc2c(c4c5cc6c(cc5n3c14)C(=O)C1CCC6CC1)C1(c3ccccc3-c3ccccc31)c1c-2cc2c3cc4c(cc3n3c5cc6c(cc5c1c23)C1CCC(CC1)C6=O)C(=O)C1CCC4CC1. The summed E-state index contributed by atoms with van der Waals surface area (Å²) in [5.41, 5.74) is 24.6. The summed E-state index contributed by atoms with van der Waals surface area (Å²) in [4.78, 5) is 59.5. The summed E-state index contributed by atoms with van der Waals surface area (Å²) in [6.07, 6.45) is 16.0. The lowest BCUT2D eigenvalue weighted by Gasteiger charge is -2.32. The molecule has 400 valence electrons. The number of nitrogens with zero attached hydrogens (tertiary/aromatic N) is 2. The van der Waals surface area contributed by atoms with Gasteiger partial charge in [0.15, 0.2) is 23.1 Å². The van der Waals surface area contributed by atoms with Gasteiger partial charge < -0.3 is 8.80 Å². The molecule has 0 radical (unpaired) electrons. The van der Waals surface area contributed by atoms with Gasteiger partial charge in [-0.25, -0.2) is 0 Å². The van der Waals surface area contributed by atoms with Crippen LogP contribution in [-0.2, 0) is 5.41 Å². The highest BCUT2D eigenvalue weighted by atomic mass is 16.1. The molecular weight excluding hydrogens is 1020 g/mol. The van der Waals surface area contributed by atoms with Crippen molar-refractivity contribution in [2.75, 3.05) is 0 Å². The Balaban J connectivity index is 0.979. The fourth-order valence-electron chi connectivity index (χ4n) is 21.3. The Morgan fingerprint density at radius 3 is 0.916 bits per heavy atom. The molecule has 1 spiro atoms. The molecule has 6 nitrogen and oxygen atoms in total. The average molecular weight is 1080 g/mol. The molecule has 8 bridgehead atoms. The number of fused-ring (bicyclic) bond motifs is 32. The van der Waals surface area contributed by atoms with E-state index in [9.17, 15) is 19.2 Å². The van der Waals surface area contributed by atoms with Crippen LogP contribution in [0.4, 0.5) is 0 Å². The number of ketones is 4. The van der Waals surface area contributed by atoms with Gasteiger partial charge in [0.1, 0.15) is 0 Å². The number of hydrogen-bond acceptors (Lipinski definition) is 4. The normalized spacial score (nSPS) is 26.7. The molecule has 8 aromatic carbocycles. The number of aromatic nitrogens is 2. The summed E-state index contributed by atoms with van der Waals surface area (Å²) in [7, 11) is 0. The zero-order valence-electron chi connectivity index (χ0n) is 46.4. The van der Waals surface area contributed by atoms with E-state index in [2.05, 4.69) is 118 Å². The van der Waals surface area contributed by atoms with Crippen molar-refractivity contribution in [1.82, 2.24) is 8.80 Å². The Morgan fingerprint density at radius 1 is 0.289 bits per heavy atom. The van der Waals surface area contributed by atoms with Gasteiger partial charge in [0.25, 0.3) is 0 Å². The quantitative estimate of drug-likeness (QED) is 0.152. The second kappa shape index (κ2) is 14.7. The molecule has 4 fully saturated rings. The van der Waals surface area contributed by atoms with Crippen LogP contribution in [0.25, 0.3) is 98.4 Å². The molecule has 0 amide bonds. The van der Waals surface area contributed by atoms with Gasteiger partial charge in [0.05, 0.1) is 38.5 Å². The summed E-state index contributed by atoms with van der Waals surface area (Å²) >= 11 is 0. The van der Waals surface area contributed by atoms with Crippen LogP contribution in [0.2, 0.25) is 0 Å². The van der Waals surface area contributed by atoms with Crippen LogP contribution in [0, 0.1) is 23.7 Å². The molecule has 4 aromatic heterocycles. The third-order valence-corrected chi connectivity index (χ3v) is 25.0. The minimum Gasteiger partial charge on any atom is -0.308 e. The third-order valence-electron chi connectivity index (χ3n) is 25.0. The molecular formula is C77H58N2O4. The standard InChI is InChI=1S/C77H58N2O4/c80-73-39-17-9-35(10-18-39)45-25-49-53-29-51-52-30-54-50-26-46-36-11-19-40(20-12-36)74(81)56(46)32-64(50)79-66-34-58-48(38-15-23-42(24-16-38)76(58)83)28-60(66)68(72(54)79)70(52)77(61-7-3-1-5-43(61)44-6-2-4-8-62(44)77)69(51)67-59-27-47-37-13-21-41(22-14-37)75(82)57(47)33-65(59)78(71(53)67)63(49)31-55(45)73/h1-8,25-42H,9-24H2. The van der Waals surface area contributed by atoms with E-state index in [1.54, 1.807) is 0 Å². The Morgan fingerprint density at radius 2 is 0.578 bits per heavy atom. The Kier molecular flexibility index (Phi) is 7.89. The smallest absolute Gasteiger partial charge is 0.166 e. The maximum Gasteiger partial charge on any atom is 0.166 e. The topological polar surface area (TPSA) is 77.1 Å². The van der Waals surface area contributed by atoms with Crippen molar-refractivity contribution < 1.29 is 19.2 Å². The fourth-order valence-corrected chi connectivity index (χ4v) is 21.3. The predicted molar refractivity (Wildman–Crippen MR) is 328 cm³/mol. The highest BCUT2D eigenvalue weighted by molar-refractivity contribution is 6.33. The maximum absolute atomic E-state index is 15.0. The van der Waals surface area contributed by atoms with Crippen molar-refractivity contribution >= 4 is 99.3 Å². The van der Waals surface area contributed by atoms with Crippen LogP contribution in [0.3, 0.4) is 0 Å². The lowest BCUT2D eigenvalue weighted by atomic mass is 9.68. The molecule has 4 heterocycles. The molecule has 14 aliphatic rings. The molecule has 6 heteroatoms. The first kappa shape index (κ1) is 44.6. The summed E-state index contributed by atoms with van der Waals surface area (Å²) in [5, 5.41) is 9.74. The first-order chi connectivity index (χ1) is 40.8. The first-order valence-corrected chi connectivity index (χ1v) is 31.9. The number of hydrogen-bond donors (Lipinski definition) is 0. The molecule has 14 aliphatic carbocycles. The van der Waals surface area contributed by atoms with Crippen molar-refractivity contribution in [3.8, 4) is 22.3 Å². The number of carbonyl (C=O) groups is 4. The molecule has 0 unspecified atom stereocenters. The van der Waals surface area contributed by atoms with Crippen LogP contribution in [0.15, 0.2) is 109 Å². The molecule has 4 saturated carbocycles. The molecule has 12 aromatic rings. The maximum atomic E-state index is 15.0. The van der Waals surface area contributed by atoms with E-state index in [0.29, 0.717) is 46.8 Å². The van der Waals surface area contributed by atoms with E-state index in [4.69, 9.17) is 0 Å². The van der Waals surface area contributed by atoms with E-state index in [0.717, 1.165) is 147 Å². The van der Waals surface area contributed by atoms with Crippen LogP contribution in [0.5, 0.6) is 0 Å². The molecule has 0 saturated heterocycles. The average Bonchev–Trinajstić information content (AvgIpc) is 1.57. The van der Waals surface area contributed by atoms with Gasteiger partial charge in [-0.1, -0.05) is 48.5 Å². The zero-order chi connectivity index (χ0) is 53.9. The summed E-state index contributed by atoms with van der Waals surface area (Å²) in [6, 6.07) is 42.8. The van der Waals surface area contributed by atoms with Crippen LogP contribution in [0.1, 0.15) is 212 Å². The molecule has 83 heavy (non-hydrogen) atoms. The Labute approximate surface area is 478 Å². The Bertz CT molecular complexity index is 4860. The van der Waals surface area contributed by atoms with Gasteiger partial charge in [0.2, 0.25) is 0 Å². The highest BCUT2D eigenvalue weighted by Crippen LogP contribution is 2.69. The van der Waals surface area contributed by atoms with Gasteiger partial charge in [0, 0.05) is 89.0 Å². The van der Waals surface area contributed by atoms with Crippen LogP contribution < -0.4 is 0 Å². The zero-order valence-corrected chi connectivity index (χ0v) is 46.4. The van der Waals surface area contributed by atoms with Gasteiger partial charge in [-0.3, -0.25) is 19.2 Å². The third kappa shape index (κ3) is 4.97. The number of benzene rings is 8. The van der Waals surface area contributed by atoms with Crippen molar-refractivity contribution in [2.45, 2.75) is 132 Å². The second-order valence-electron chi connectivity index (χ2n) is 28.1. The molecule has 0 atom stereocenters. The number of Topliss-reactive ketones (excluding diaryl/α,β-unsaturated/α-hetero) is 4. The van der Waals surface area contributed by atoms with Gasteiger partial charge >= 0.3 is 0 Å². The van der Waals surface area contributed by atoms with E-state index in [-0.39, 0.29) is 23.7 Å². The summed E-state index contributed by atoms with van der Waals surface area (Å²) in [6.45, 7) is 0. The lowest BCUT2D eigenvalue weighted by Crippen LogP contribution is -2.26. The molecule has 0 N–H and O–H groups in total. The summed E-state index contributed by atoms with van der Waals surface area (Å²) < 4.78 is 5.04. The predicted octanol–water partition coefficient (Wildman–Crippen LogP) is 18.2. The van der Waals surface area contributed by atoms with Crippen molar-refractivity contribution in [3.63, 3.8) is 0 Å². The fraction of sp³-hybridized carbons (Fsp3) is 0.325. The van der Waals surface area contributed by atoms with E-state index in [1.165, 1.54) is 121 Å². The first-order valence-electron chi connectivity index (χ1n) is 31.9. The second-order valence-corrected chi connectivity index (χ2v) is 28.1. The van der Waals surface area contributed by atoms with Gasteiger partial charge in [-0.2, -0.15) is 0 Å². The van der Waals surface area contributed by atoms with E-state index < -0.39 is 5.41 Å². The van der Waals surface area contributed by atoms with Crippen LogP contribution >= 0.6 is 0 Å². The number of carbonyl (C=O) groups excluding carboxylic acids is 4. The van der Waals surface area contributed by atoms with Gasteiger partial charge in [-0.05, 0) is 254 Å². The Hall–Kier alpha value is -7.96. The van der Waals surface area contributed by atoms with E-state index in [1.807, 2.05) is 0 Å². The molecule has 0 aliphatic heterocycles. The van der Waals surface area contributed by atoms with E-state index >= 15 is 0 Å². The minimum atomic E-state index is -0.794. The van der Waals surface area contributed by atoms with Crippen molar-refractivity contribution in [2.24, 2.45) is 23.7 Å². The highest BCUT2D eigenvalue weighted by Gasteiger charge is 2.56. The lowest BCUT2D eigenvalue weighted by molar-refractivity contribution is 0.0891. The van der Waals surface area contributed by atoms with Crippen molar-refractivity contribution in [3.05, 3.63) is 176 Å². The minimum absolute atomic E-state index is 0.0595. The summed E-state index contributed by atoms with van der Waals surface area (Å²) in [5.74, 6) is 2.87. The van der Waals surface area contributed by atoms with Crippen LogP contribution in [-0.4, -0.2) is 31.9 Å². The molecule has 26 rings (SSSR count). The monoisotopic (exact) mass is 1070 g/mol.